The van der Waals surface area contributed by atoms with Crippen LogP contribution in [0.4, 0.5) is 0 Å². The number of nitrogens with two attached hydrogens (primary N) is 1. The Morgan fingerprint density at radius 2 is 1.70 bits per heavy atom. The predicted molar refractivity (Wildman–Crippen MR) is 51.1 cm³/mol. The van der Waals surface area contributed by atoms with Gasteiger partial charge in [-0.05, 0) is 12.8 Å². The molecule has 0 aliphatic heterocycles. The van der Waals surface area contributed by atoms with E-state index in [2.05, 4.69) is 12.6 Å². The summed E-state index contributed by atoms with van der Waals surface area (Å²) in [5.41, 5.74) is 5.56. The molecule has 1 nitrogen and oxygen atoms in total. The normalized spacial score (nSPS) is 23.4. The van der Waals surface area contributed by atoms with Gasteiger partial charge in [-0.25, -0.2) is 0 Å². The topological polar surface area (TPSA) is 26.0 Å². The summed E-state index contributed by atoms with van der Waals surface area (Å²) in [5, 5.41) is 0. The molecule has 0 spiro atoms. The van der Waals surface area contributed by atoms with Crippen molar-refractivity contribution in [1.29, 1.82) is 0 Å². The van der Waals surface area contributed by atoms with E-state index in [-0.39, 0.29) is 17.2 Å². The van der Waals surface area contributed by atoms with Crippen LogP contribution in [0, 0.1) is 0 Å². The lowest BCUT2D eigenvalue weighted by Crippen LogP contribution is -2.33. The summed E-state index contributed by atoms with van der Waals surface area (Å²) in [5.74, 6) is 0. The van der Waals surface area contributed by atoms with E-state index in [1.54, 1.807) is 0 Å². The number of thiol groups is 1. The quantitative estimate of drug-likeness (QED) is 0.595. The molecule has 0 amide bonds. The molecule has 0 aromatic heterocycles. The van der Waals surface area contributed by atoms with E-state index < -0.39 is 0 Å². The van der Waals surface area contributed by atoms with Crippen molar-refractivity contribution in [1.82, 2.24) is 0 Å². The molecule has 3 heteroatoms. The van der Waals surface area contributed by atoms with Crippen molar-refractivity contribution in [2.75, 3.05) is 6.54 Å². The van der Waals surface area contributed by atoms with Crippen LogP contribution in [0.5, 0.6) is 0 Å². The maximum atomic E-state index is 5.56. The molecule has 0 aromatic carbocycles. The van der Waals surface area contributed by atoms with Gasteiger partial charge in [-0.1, -0.05) is 19.3 Å². The van der Waals surface area contributed by atoms with Gasteiger partial charge >= 0.3 is 0 Å². The number of hydrogen-bond donors (Lipinski definition) is 2. The van der Waals surface area contributed by atoms with Crippen molar-refractivity contribution >= 4 is 25.0 Å². The minimum absolute atomic E-state index is 0. The Bertz CT molecular complexity index is 91.6. The molecule has 1 rings (SSSR count). The Labute approximate surface area is 74.6 Å². The fraction of sp³-hybridized carbons (Fsp3) is 1.00. The van der Waals surface area contributed by atoms with Gasteiger partial charge in [0.1, 0.15) is 0 Å². The van der Waals surface area contributed by atoms with E-state index in [1.165, 1.54) is 32.1 Å². The molecule has 0 aromatic rings. The second-order valence-electron chi connectivity index (χ2n) is 2.99. The molecule has 0 atom stereocenters. The van der Waals surface area contributed by atoms with Crippen LogP contribution in [0.1, 0.15) is 32.1 Å². The van der Waals surface area contributed by atoms with Crippen LogP contribution < -0.4 is 5.73 Å². The van der Waals surface area contributed by atoms with Crippen LogP contribution in [0.15, 0.2) is 0 Å². The Balaban J connectivity index is 0.000000810. The van der Waals surface area contributed by atoms with Crippen molar-refractivity contribution in [3.8, 4) is 0 Å². The summed E-state index contributed by atoms with van der Waals surface area (Å²) in [6, 6.07) is 0. The van der Waals surface area contributed by atoms with E-state index in [0.717, 1.165) is 6.54 Å². The van der Waals surface area contributed by atoms with E-state index in [9.17, 15) is 0 Å². The van der Waals surface area contributed by atoms with Crippen molar-refractivity contribution < 1.29 is 0 Å². The highest BCUT2D eigenvalue weighted by molar-refractivity contribution is 7.81. The summed E-state index contributed by atoms with van der Waals surface area (Å²) in [6.07, 6.45) is 6.45. The third kappa shape index (κ3) is 2.69. The number of rotatable bonds is 1. The zero-order valence-electron chi connectivity index (χ0n) is 6.18. The second kappa shape index (κ2) is 4.47. The maximum Gasteiger partial charge on any atom is 0.0252 e. The van der Waals surface area contributed by atoms with E-state index in [0.29, 0.717) is 0 Å². The van der Waals surface area contributed by atoms with Crippen LogP contribution >= 0.6 is 25.0 Å². The van der Waals surface area contributed by atoms with Crippen LogP contribution in [0.3, 0.4) is 0 Å². The fourth-order valence-corrected chi connectivity index (χ4v) is 1.73. The fourth-order valence-electron chi connectivity index (χ4n) is 1.41. The average molecular weight is 182 g/mol. The Kier molecular flexibility index (Phi) is 4.74. The molecule has 1 aliphatic carbocycles. The van der Waals surface area contributed by atoms with Gasteiger partial charge in [-0.15, -0.1) is 12.4 Å². The van der Waals surface area contributed by atoms with Crippen molar-refractivity contribution in [3.63, 3.8) is 0 Å². The molecule has 10 heavy (non-hydrogen) atoms. The highest BCUT2D eigenvalue weighted by Crippen LogP contribution is 2.32. The molecule has 0 saturated heterocycles. The van der Waals surface area contributed by atoms with Crippen molar-refractivity contribution in [2.45, 2.75) is 36.9 Å². The molecule has 0 heterocycles. The zero-order valence-corrected chi connectivity index (χ0v) is 7.89. The van der Waals surface area contributed by atoms with Gasteiger partial charge in [0.15, 0.2) is 0 Å². The van der Waals surface area contributed by atoms with Gasteiger partial charge < -0.3 is 5.73 Å². The summed E-state index contributed by atoms with van der Waals surface area (Å²) in [4.78, 5) is 0. The lowest BCUT2D eigenvalue weighted by atomic mass is 9.88. The molecule has 0 radical (unpaired) electrons. The van der Waals surface area contributed by atoms with Crippen LogP contribution in [-0.2, 0) is 0 Å². The molecular formula is C7H16ClNS. The maximum absolute atomic E-state index is 5.56. The van der Waals surface area contributed by atoms with Crippen LogP contribution in [0.25, 0.3) is 0 Å². The summed E-state index contributed by atoms with van der Waals surface area (Å²) in [6.45, 7) is 0.746. The molecular weight excluding hydrogens is 166 g/mol. The average Bonchev–Trinajstić information content (AvgIpc) is 1.90. The van der Waals surface area contributed by atoms with Gasteiger partial charge in [0.05, 0.1) is 0 Å². The number of halogens is 1. The van der Waals surface area contributed by atoms with Crippen molar-refractivity contribution in [2.24, 2.45) is 5.73 Å². The smallest absolute Gasteiger partial charge is 0.0252 e. The molecule has 1 saturated carbocycles. The molecule has 2 N–H and O–H groups in total. The van der Waals surface area contributed by atoms with E-state index >= 15 is 0 Å². The Morgan fingerprint density at radius 3 is 2.00 bits per heavy atom. The Morgan fingerprint density at radius 1 is 1.20 bits per heavy atom. The highest BCUT2D eigenvalue weighted by Gasteiger charge is 2.25. The first-order chi connectivity index (χ1) is 4.27. The third-order valence-corrected chi connectivity index (χ3v) is 2.79. The lowest BCUT2D eigenvalue weighted by Gasteiger charge is -2.30. The molecule has 0 bridgehead atoms. The summed E-state index contributed by atoms with van der Waals surface area (Å²) < 4.78 is 0.193. The van der Waals surface area contributed by atoms with Gasteiger partial charge in [0, 0.05) is 11.3 Å². The predicted octanol–water partition coefficient (Wildman–Crippen LogP) is 2.00. The molecule has 62 valence electrons. The highest BCUT2D eigenvalue weighted by atomic mass is 35.5. The first-order valence-corrected chi connectivity index (χ1v) is 4.14. The largest absolute Gasteiger partial charge is 0.329 e. The SMILES string of the molecule is Cl.NCC1(S)CCCCC1. The van der Waals surface area contributed by atoms with Crippen LogP contribution in [-0.4, -0.2) is 11.3 Å². The van der Waals surface area contributed by atoms with Crippen molar-refractivity contribution in [3.05, 3.63) is 0 Å². The monoisotopic (exact) mass is 181 g/mol. The molecule has 1 aliphatic rings. The van der Waals surface area contributed by atoms with Gasteiger partial charge in [0.2, 0.25) is 0 Å². The minimum atomic E-state index is 0. The van der Waals surface area contributed by atoms with E-state index in [1.807, 2.05) is 0 Å². The summed E-state index contributed by atoms with van der Waals surface area (Å²) >= 11 is 4.52. The Hall–Kier alpha value is 0.600. The van der Waals surface area contributed by atoms with Gasteiger partial charge in [0.25, 0.3) is 0 Å². The number of hydrogen-bond acceptors (Lipinski definition) is 2. The second-order valence-corrected chi connectivity index (χ2v) is 3.94. The third-order valence-electron chi connectivity index (χ3n) is 2.16. The first kappa shape index (κ1) is 10.6. The van der Waals surface area contributed by atoms with E-state index in [4.69, 9.17) is 5.73 Å². The van der Waals surface area contributed by atoms with Crippen LogP contribution in [0.2, 0.25) is 0 Å². The molecule has 0 unspecified atom stereocenters. The summed E-state index contributed by atoms with van der Waals surface area (Å²) in [7, 11) is 0. The zero-order chi connectivity index (χ0) is 6.74. The lowest BCUT2D eigenvalue weighted by molar-refractivity contribution is 0.406. The minimum Gasteiger partial charge on any atom is -0.329 e. The standard InChI is InChI=1S/C7H15NS.ClH/c8-6-7(9)4-2-1-3-5-7;/h9H,1-6,8H2;1H. The van der Waals surface area contributed by atoms with Gasteiger partial charge in [-0.3, -0.25) is 0 Å². The van der Waals surface area contributed by atoms with Gasteiger partial charge in [-0.2, -0.15) is 12.6 Å². The molecule has 1 fully saturated rings. The first-order valence-electron chi connectivity index (χ1n) is 3.69.